The lowest BCUT2D eigenvalue weighted by Crippen LogP contribution is -2.36. The molecule has 0 saturated carbocycles. The van der Waals surface area contributed by atoms with E-state index >= 15 is 0 Å². The molecular formula is C16H17N3O4S. The zero-order valence-corrected chi connectivity index (χ0v) is 14.1. The molecule has 0 atom stereocenters. The number of nitro groups is 1. The normalized spacial score (nSPS) is 10.2. The molecule has 7 nitrogen and oxygen atoms in total. The van der Waals surface area contributed by atoms with Crippen molar-refractivity contribution < 1.29 is 14.5 Å². The van der Waals surface area contributed by atoms with Crippen molar-refractivity contribution in [2.24, 2.45) is 0 Å². The zero-order valence-electron chi connectivity index (χ0n) is 13.3. The van der Waals surface area contributed by atoms with Gasteiger partial charge in [0.15, 0.2) is 0 Å². The molecule has 0 saturated heterocycles. The highest BCUT2D eigenvalue weighted by molar-refractivity contribution is 7.11. The number of nitro benzene ring substituents is 1. The number of thiophene rings is 1. The van der Waals surface area contributed by atoms with Gasteiger partial charge in [-0.1, -0.05) is 0 Å². The molecule has 0 aliphatic rings. The number of benzene rings is 1. The van der Waals surface area contributed by atoms with Gasteiger partial charge in [-0.3, -0.25) is 19.7 Å². The lowest BCUT2D eigenvalue weighted by Gasteiger charge is -2.07. The predicted octanol–water partition coefficient (Wildman–Crippen LogP) is 2.32. The topological polar surface area (TPSA) is 101 Å². The van der Waals surface area contributed by atoms with Crippen LogP contribution in [0.4, 0.5) is 5.69 Å². The molecule has 24 heavy (non-hydrogen) atoms. The van der Waals surface area contributed by atoms with E-state index in [0.29, 0.717) is 12.1 Å². The van der Waals surface area contributed by atoms with Gasteiger partial charge < -0.3 is 10.6 Å². The second-order valence-corrected chi connectivity index (χ2v) is 6.60. The van der Waals surface area contributed by atoms with Crippen LogP contribution in [-0.2, 0) is 11.3 Å². The molecule has 1 heterocycles. The summed E-state index contributed by atoms with van der Waals surface area (Å²) < 4.78 is 0. The number of hydrogen-bond donors (Lipinski definition) is 2. The van der Waals surface area contributed by atoms with Crippen molar-refractivity contribution in [3.05, 3.63) is 61.3 Å². The molecule has 0 spiro atoms. The lowest BCUT2D eigenvalue weighted by atomic mass is 10.1. The molecule has 126 valence electrons. The minimum absolute atomic E-state index is 0.0458. The molecule has 0 bridgehead atoms. The molecule has 0 aliphatic heterocycles. The van der Waals surface area contributed by atoms with Crippen LogP contribution in [-0.4, -0.2) is 23.3 Å². The number of nitrogens with zero attached hydrogens (tertiary/aromatic N) is 1. The van der Waals surface area contributed by atoms with E-state index in [0.717, 1.165) is 4.88 Å². The standard InChI is InChI=1S/C16H17N3O4S/c1-10-7-12(4-6-14(10)19(22)23)16(21)18-9-15(20)17-8-13-5-3-11(2)24-13/h3-7H,8-9H2,1-2H3,(H,17,20)(H,18,21). The van der Waals surface area contributed by atoms with Crippen LogP contribution < -0.4 is 10.6 Å². The molecule has 8 heteroatoms. The van der Waals surface area contributed by atoms with Crippen LogP contribution >= 0.6 is 11.3 Å². The minimum Gasteiger partial charge on any atom is -0.350 e. The van der Waals surface area contributed by atoms with Crippen LogP contribution in [0.1, 0.15) is 25.7 Å². The fourth-order valence-electron chi connectivity index (χ4n) is 2.09. The second kappa shape index (κ2) is 7.69. The SMILES string of the molecule is Cc1ccc(CNC(=O)CNC(=O)c2ccc([N+](=O)[O-])c(C)c2)s1. The van der Waals surface area contributed by atoms with E-state index in [1.54, 1.807) is 18.3 Å². The predicted molar refractivity (Wildman–Crippen MR) is 91.1 cm³/mol. The van der Waals surface area contributed by atoms with Gasteiger partial charge in [0.25, 0.3) is 11.6 Å². The number of carbonyl (C=O) groups excluding carboxylic acids is 2. The van der Waals surface area contributed by atoms with Crippen LogP contribution in [0.15, 0.2) is 30.3 Å². The van der Waals surface area contributed by atoms with Crippen LogP contribution in [0.3, 0.4) is 0 Å². The first-order valence-corrected chi connectivity index (χ1v) is 8.03. The lowest BCUT2D eigenvalue weighted by molar-refractivity contribution is -0.385. The van der Waals surface area contributed by atoms with Crippen molar-refractivity contribution in [3.8, 4) is 0 Å². The maximum atomic E-state index is 12.0. The Morgan fingerprint density at radius 3 is 2.50 bits per heavy atom. The maximum absolute atomic E-state index is 12.0. The van der Waals surface area contributed by atoms with Crippen LogP contribution in [0, 0.1) is 24.0 Å². The molecule has 1 aromatic heterocycles. The first-order chi connectivity index (χ1) is 11.4. The summed E-state index contributed by atoms with van der Waals surface area (Å²) in [6.45, 7) is 3.82. The van der Waals surface area contributed by atoms with Gasteiger partial charge in [-0.05, 0) is 38.1 Å². The Bertz CT molecular complexity index is 785. The van der Waals surface area contributed by atoms with Gasteiger partial charge in [0.05, 0.1) is 18.0 Å². The summed E-state index contributed by atoms with van der Waals surface area (Å²) in [4.78, 5) is 36.2. The Hall–Kier alpha value is -2.74. The van der Waals surface area contributed by atoms with Gasteiger partial charge in [0, 0.05) is 26.9 Å². The average Bonchev–Trinajstić information content (AvgIpc) is 2.95. The third-order valence-corrected chi connectivity index (χ3v) is 4.32. The summed E-state index contributed by atoms with van der Waals surface area (Å²) in [5.41, 5.74) is 0.625. The summed E-state index contributed by atoms with van der Waals surface area (Å²) in [6, 6.07) is 8.00. The van der Waals surface area contributed by atoms with E-state index in [2.05, 4.69) is 10.6 Å². The van der Waals surface area contributed by atoms with Gasteiger partial charge in [0.2, 0.25) is 5.91 Å². The van der Waals surface area contributed by atoms with E-state index in [4.69, 9.17) is 0 Å². The Labute approximate surface area is 142 Å². The quantitative estimate of drug-likeness (QED) is 0.618. The molecule has 0 unspecified atom stereocenters. The van der Waals surface area contributed by atoms with Crippen molar-refractivity contribution in [2.75, 3.05) is 6.54 Å². The summed E-state index contributed by atoms with van der Waals surface area (Å²) in [6.07, 6.45) is 0. The van der Waals surface area contributed by atoms with Gasteiger partial charge in [-0.15, -0.1) is 11.3 Å². The summed E-state index contributed by atoms with van der Waals surface area (Å²) in [5.74, 6) is -0.747. The Morgan fingerprint density at radius 1 is 1.17 bits per heavy atom. The molecule has 2 amide bonds. The first-order valence-electron chi connectivity index (χ1n) is 7.22. The van der Waals surface area contributed by atoms with Crippen molar-refractivity contribution >= 4 is 28.8 Å². The maximum Gasteiger partial charge on any atom is 0.272 e. The highest BCUT2D eigenvalue weighted by Gasteiger charge is 2.14. The van der Waals surface area contributed by atoms with E-state index in [1.807, 2.05) is 19.1 Å². The number of rotatable bonds is 6. The highest BCUT2D eigenvalue weighted by atomic mass is 32.1. The molecule has 0 fully saturated rings. The third kappa shape index (κ3) is 4.63. The number of carbonyl (C=O) groups is 2. The van der Waals surface area contributed by atoms with Gasteiger partial charge >= 0.3 is 0 Å². The van der Waals surface area contributed by atoms with Gasteiger partial charge in [-0.25, -0.2) is 0 Å². The van der Waals surface area contributed by atoms with Crippen molar-refractivity contribution in [1.29, 1.82) is 0 Å². The largest absolute Gasteiger partial charge is 0.350 e. The fraction of sp³-hybridized carbons (Fsp3) is 0.250. The smallest absolute Gasteiger partial charge is 0.272 e. The number of hydrogen-bond acceptors (Lipinski definition) is 5. The molecule has 0 radical (unpaired) electrons. The number of amides is 2. The van der Waals surface area contributed by atoms with Crippen molar-refractivity contribution in [3.63, 3.8) is 0 Å². The van der Waals surface area contributed by atoms with Crippen LogP contribution in [0.5, 0.6) is 0 Å². The minimum atomic E-state index is -0.503. The van der Waals surface area contributed by atoms with Crippen LogP contribution in [0.2, 0.25) is 0 Å². The average molecular weight is 347 g/mol. The van der Waals surface area contributed by atoms with Gasteiger partial charge in [-0.2, -0.15) is 0 Å². The second-order valence-electron chi connectivity index (χ2n) is 5.23. The van der Waals surface area contributed by atoms with Crippen molar-refractivity contribution in [1.82, 2.24) is 10.6 Å². The van der Waals surface area contributed by atoms with E-state index in [9.17, 15) is 19.7 Å². The van der Waals surface area contributed by atoms with Crippen LogP contribution in [0.25, 0.3) is 0 Å². The Morgan fingerprint density at radius 2 is 1.92 bits per heavy atom. The number of nitrogens with one attached hydrogen (secondary N) is 2. The fourth-order valence-corrected chi connectivity index (χ4v) is 2.92. The molecular weight excluding hydrogens is 330 g/mol. The summed E-state index contributed by atoms with van der Waals surface area (Å²) in [5, 5.41) is 16.0. The van der Waals surface area contributed by atoms with Gasteiger partial charge in [0.1, 0.15) is 0 Å². The molecule has 2 rings (SSSR count). The molecule has 1 aromatic carbocycles. The zero-order chi connectivity index (χ0) is 17.7. The monoisotopic (exact) mass is 347 g/mol. The third-order valence-electron chi connectivity index (χ3n) is 3.32. The molecule has 0 aliphatic carbocycles. The summed E-state index contributed by atoms with van der Waals surface area (Å²) >= 11 is 1.60. The Balaban J connectivity index is 1.85. The molecule has 2 N–H and O–H groups in total. The van der Waals surface area contributed by atoms with Crippen molar-refractivity contribution in [2.45, 2.75) is 20.4 Å². The first kappa shape index (κ1) is 17.6. The van der Waals surface area contributed by atoms with E-state index in [-0.39, 0.29) is 23.7 Å². The number of aryl methyl sites for hydroxylation is 2. The molecule has 2 aromatic rings. The Kier molecular flexibility index (Phi) is 5.64. The van der Waals surface area contributed by atoms with E-state index in [1.165, 1.54) is 23.1 Å². The highest BCUT2D eigenvalue weighted by Crippen LogP contribution is 2.18. The van der Waals surface area contributed by atoms with E-state index < -0.39 is 10.8 Å². The summed E-state index contributed by atoms with van der Waals surface area (Å²) in [7, 11) is 0.